The third-order valence-corrected chi connectivity index (χ3v) is 5.81. The number of nitrogens with zero attached hydrogens (tertiary/aromatic N) is 2. The lowest BCUT2D eigenvalue weighted by Crippen LogP contribution is -2.20. The van der Waals surface area contributed by atoms with E-state index in [4.69, 9.17) is 4.74 Å². The Kier molecular flexibility index (Phi) is 6.65. The number of aryl methyl sites for hydroxylation is 2. The van der Waals surface area contributed by atoms with Crippen molar-refractivity contribution in [1.82, 2.24) is 10.2 Å². The van der Waals surface area contributed by atoms with Gasteiger partial charge in [-0.3, -0.25) is 0 Å². The van der Waals surface area contributed by atoms with Gasteiger partial charge >= 0.3 is 0 Å². The average Bonchev–Trinajstić information content (AvgIpc) is 3.09. The van der Waals surface area contributed by atoms with Crippen LogP contribution >= 0.6 is 23.1 Å². The molecule has 2 N–H and O–H groups in total. The molecule has 142 valence electrons. The van der Waals surface area contributed by atoms with E-state index in [2.05, 4.69) is 28.5 Å². The number of halogens is 1. The smallest absolute Gasteiger partial charge is 0.210 e. The van der Waals surface area contributed by atoms with Gasteiger partial charge in [0.05, 0.1) is 6.10 Å². The molecule has 0 fully saturated rings. The standard InChI is InChI=1S/C19H20FN3O2S2/c1-12-7-8-16(13(2)9-12)21-18-22-23-19(27-18)26-11-14(24)10-25-17-6-4-3-5-15(17)20/h3-9,14,24H,10-11H2,1-2H3,(H,21,22)/t14-/m0/s1. The predicted octanol–water partition coefficient (Wildman–Crippen LogP) is 4.57. The summed E-state index contributed by atoms with van der Waals surface area (Å²) >= 11 is 2.80. The number of aromatic nitrogens is 2. The third kappa shape index (κ3) is 5.66. The molecule has 27 heavy (non-hydrogen) atoms. The zero-order chi connectivity index (χ0) is 19.2. The lowest BCUT2D eigenvalue weighted by atomic mass is 10.1. The minimum absolute atomic E-state index is 0.0143. The zero-order valence-corrected chi connectivity index (χ0v) is 16.6. The number of hydrogen-bond acceptors (Lipinski definition) is 7. The normalized spacial score (nSPS) is 12.0. The largest absolute Gasteiger partial charge is 0.488 e. The molecule has 2 aromatic carbocycles. The van der Waals surface area contributed by atoms with Gasteiger partial charge in [-0.05, 0) is 37.6 Å². The van der Waals surface area contributed by atoms with E-state index in [0.717, 1.165) is 15.6 Å². The van der Waals surface area contributed by atoms with Gasteiger partial charge in [0.2, 0.25) is 5.13 Å². The van der Waals surface area contributed by atoms with Gasteiger partial charge < -0.3 is 15.2 Å². The van der Waals surface area contributed by atoms with E-state index in [1.807, 2.05) is 19.1 Å². The maximum atomic E-state index is 13.5. The number of ether oxygens (including phenoxy) is 1. The Hall–Kier alpha value is -2.16. The van der Waals surface area contributed by atoms with E-state index in [9.17, 15) is 9.50 Å². The van der Waals surface area contributed by atoms with Crippen molar-refractivity contribution >= 4 is 33.9 Å². The Morgan fingerprint density at radius 1 is 1.22 bits per heavy atom. The van der Waals surface area contributed by atoms with E-state index in [1.165, 1.54) is 40.8 Å². The van der Waals surface area contributed by atoms with E-state index < -0.39 is 11.9 Å². The summed E-state index contributed by atoms with van der Waals surface area (Å²) in [5.41, 5.74) is 3.34. The van der Waals surface area contributed by atoms with Gasteiger partial charge in [0.1, 0.15) is 6.61 Å². The maximum absolute atomic E-state index is 13.5. The Labute approximate surface area is 165 Å². The minimum Gasteiger partial charge on any atom is -0.488 e. The molecule has 1 atom stereocenters. The highest BCUT2D eigenvalue weighted by Gasteiger charge is 2.12. The van der Waals surface area contributed by atoms with E-state index >= 15 is 0 Å². The molecule has 0 saturated carbocycles. The highest BCUT2D eigenvalue weighted by Crippen LogP contribution is 2.29. The molecule has 0 saturated heterocycles. The Bertz CT molecular complexity index is 904. The average molecular weight is 406 g/mol. The SMILES string of the molecule is Cc1ccc(Nc2nnc(SC[C@@H](O)COc3ccccc3F)s2)c(C)c1. The molecule has 0 radical (unpaired) electrons. The van der Waals surface area contributed by atoms with Gasteiger partial charge in [-0.15, -0.1) is 10.2 Å². The summed E-state index contributed by atoms with van der Waals surface area (Å²) < 4.78 is 19.5. The monoisotopic (exact) mass is 405 g/mol. The Balaban J connectivity index is 1.48. The summed E-state index contributed by atoms with van der Waals surface area (Å²) in [6, 6.07) is 12.3. The third-order valence-electron chi connectivity index (χ3n) is 3.70. The Morgan fingerprint density at radius 3 is 2.81 bits per heavy atom. The van der Waals surface area contributed by atoms with Gasteiger partial charge in [-0.1, -0.05) is 52.9 Å². The highest BCUT2D eigenvalue weighted by atomic mass is 32.2. The predicted molar refractivity (Wildman–Crippen MR) is 108 cm³/mol. The van der Waals surface area contributed by atoms with Crippen LogP contribution in [0.3, 0.4) is 0 Å². The van der Waals surface area contributed by atoms with Gasteiger partial charge in [0.25, 0.3) is 0 Å². The lowest BCUT2D eigenvalue weighted by Gasteiger charge is -2.11. The molecule has 0 unspecified atom stereocenters. The van der Waals surface area contributed by atoms with Gasteiger partial charge in [-0.2, -0.15) is 0 Å². The first kappa shape index (κ1) is 19.6. The van der Waals surface area contributed by atoms with Crippen LogP contribution in [0.4, 0.5) is 15.2 Å². The molecule has 5 nitrogen and oxygen atoms in total. The van der Waals surface area contributed by atoms with Gasteiger partial charge in [-0.25, -0.2) is 4.39 Å². The number of rotatable bonds is 8. The molecule has 3 rings (SSSR count). The molecule has 0 spiro atoms. The molecule has 3 aromatic rings. The second kappa shape index (κ2) is 9.16. The van der Waals surface area contributed by atoms with Crippen LogP contribution in [0.2, 0.25) is 0 Å². The van der Waals surface area contributed by atoms with Crippen molar-refractivity contribution < 1.29 is 14.2 Å². The summed E-state index contributed by atoms with van der Waals surface area (Å²) in [7, 11) is 0. The first-order valence-corrected chi connectivity index (χ1v) is 10.2. The number of hydrogen-bond donors (Lipinski definition) is 2. The molecule has 0 aliphatic carbocycles. The zero-order valence-electron chi connectivity index (χ0n) is 15.0. The topological polar surface area (TPSA) is 67.3 Å². The number of nitrogens with one attached hydrogen (secondary N) is 1. The molecule has 1 heterocycles. The highest BCUT2D eigenvalue weighted by molar-refractivity contribution is 8.01. The molecule has 0 aliphatic rings. The maximum Gasteiger partial charge on any atom is 0.210 e. The minimum atomic E-state index is -0.741. The van der Waals surface area contributed by atoms with Crippen LogP contribution in [0.15, 0.2) is 46.8 Å². The van der Waals surface area contributed by atoms with E-state index in [1.54, 1.807) is 12.1 Å². The summed E-state index contributed by atoms with van der Waals surface area (Å²) in [6.45, 7) is 4.11. The fourth-order valence-corrected chi connectivity index (χ4v) is 4.05. The van der Waals surface area contributed by atoms with Crippen LogP contribution in [-0.2, 0) is 0 Å². The number of aliphatic hydroxyl groups is 1. The van der Waals surface area contributed by atoms with Crippen LogP contribution in [0, 0.1) is 19.7 Å². The second-order valence-electron chi connectivity index (χ2n) is 6.02. The molecule has 0 aliphatic heterocycles. The number of para-hydroxylation sites is 1. The van der Waals surface area contributed by atoms with E-state index in [0.29, 0.717) is 10.9 Å². The fraction of sp³-hybridized carbons (Fsp3) is 0.263. The summed E-state index contributed by atoms with van der Waals surface area (Å²) in [4.78, 5) is 0. The Morgan fingerprint density at radius 2 is 2.04 bits per heavy atom. The van der Waals surface area contributed by atoms with E-state index in [-0.39, 0.29) is 12.4 Å². The summed E-state index contributed by atoms with van der Waals surface area (Å²) in [5, 5.41) is 22.3. The van der Waals surface area contributed by atoms with Gasteiger partial charge in [0.15, 0.2) is 15.9 Å². The van der Waals surface area contributed by atoms with Crippen molar-refractivity contribution in [3.63, 3.8) is 0 Å². The quantitative estimate of drug-likeness (QED) is 0.535. The number of thioether (sulfide) groups is 1. The second-order valence-corrected chi connectivity index (χ2v) is 8.27. The molecule has 1 aromatic heterocycles. The number of aliphatic hydroxyl groups excluding tert-OH is 1. The molecular formula is C19H20FN3O2S2. The summed E-state index contributed by atoms with van der Waals surface area (Å²) in [6.07, 6.45) is -0.741. The van der Waals surface area contributed by atoms with Gasteiger partial charge in [0, 0.05) is 11.4 Å². The van der Waals surface area contributed by atoms with Crippen LogP contribution in [0.1, 0.15) is 11.1 Å². The fourth-order valence-electron chi connectivity index (χ4n) is 2.35. The number of benzene rings is 2. The molecular weight excluding hydrogens is 385 g/mol. The van der Waals surface area contributed by atoms with Crippen LogP contribution < -0.4 is 10.1 Å². The van der Waals surface area contributed by atoms with Crippen molar-refractivity contribution in [2.45, 2.75) is 24.3 Å². The van der Waals surface area contributed by atoms with Crippen molar-refractivity contribution in [2.24, 2.45) is 0 Å². The molecule has 0 amide bonds. The first-order chi connectivity index (χ1) is 13.0. The van der Waals surface area contributed by atoms with Crippen LogP contribution in [0.25, 0.3) is 0 Å². The lowest BCUT2D eigenvalue weighted by molar-refractivity contribution is 0.123. The van der Waals surface area contributed by atoms with Crippen molar-refractivity contribution in [2.75, 3.05) is 17.7 Å². The molecule has 0 bridgehead atoms. The molecule has 8 heteroatoms. The van der Waals surface area contributed by atoms with Crippen LogP contribution in [0.5, 0.6) is 5.75 Å². The van der Waals surface area contributed by atoms with Crippen LogP contribution in [-0.4, -0.2) is 33.8 Å². The van der Waals surface area contributed by atoms with Crippen molar-refractivity contribution in [3.8, 4) is 5.75 Å². The van der Waals surface area contributed by atoms with Crippen molar-refractivity contribution in [3.05, 3.63) is 59.4 Å². The van der Waals surface area contributed by atoms with Crippen molar-refractivity contribution in [1.29, 1.82) is 0 Å². The number of anilines is 2. The first-order valence-electron chi connectivity index (χ1n) is 8.37. The summed E-state index contributed by atoms with van der Waals surface area (Å²) in [5.74, 6) is 0.0770.